The third-order valence-corrected chi connectivity index (χ3v) is 19.0. The van der Waals surface area contributed by atoms with Crippen molar-refractivity contribution in [2.45, 2.75) is 387 Å². The maximum atomic E-state index is 13.1. The molecule has 0 aliphatic heterocycles. The van der Waals surface area contributed by atoms with Gasteiger partial charge in [0.05, 0.1) is 26.4 Å². The van der Waals surface area contributed by atoms with Gasteiger partial charge in [-0.15, -0.1) is 0 Å². The van der Waals surface area contributed by atoms with Crippen molar-refractivity contribution in [3.63, 3.8) is 0 Å². The van der Waals surface area contributed by atoms with E-state index in [9.17, 15) is 43.2 Å². The predicted molar refractivity (Wildman–Crippen MR) is 386 cm³/mol. The Morgan fingerprint density at radius 2 is 0.568 bits per heavy atom. The van der Waals surface area contributed by atoms with Crippen LogP contribution in [0.25, 0.3) is 0 Å². The lowest BCUT2D eigenvalue weighted by Gasteiger charge is -2.21. The van der Waals surface area contributed by atoms with Gasteiger partial charge >= 0.3 is 39.5 Å². The van der Waals surface area contributed by atoms with Gasteiger partial charge in [-0.25, -0.2) is 9.13 Å². The number of ether oxygens (including phenoxy) is 4. The minimum atomic E-state index is -4.96. The highest BCUT2D eigenvalue weighted by molar-refractivity contribution is 7.47. The van der Waals surface area contributed by atoms with E-state index in [-0.39, 0.29) is 25.7 Å². The molecule has 0 aliphatic carbocycles. The van der Waals surface area contributed by atoms with Crippen molar-refractivity contribution in [3.8, 4) is 0 Å². The van der Waals surface area contributed by atoms with E-state index in [4.69, 9.17) is 37.0 Å². The van der Waals surface area contributed by atoms with Crippen LogP contribution < -0.4 is 0 Å². The first-order chi connectivity index (χ1) is 45.9. The molecule has 0 saturated heterocycles. The summed E-state index contributed by atoms with van der Waals surface area (Å²) in [6.07, 6.45) is 57.7. The number of phosphoric acid groups is 2. The van der Waals surface area contributed by atoms with Crippen LogP contribution >= 0.6 is 15.6 Å². The number of aliphatic hydroxyl groups excluding tert-OH is 1. The zero-order valence-electron chi connectivity index (χ0n) is 61.5. The van der Waals surface area contributed by atoms with Crippen molar-refractivity contribution in [2.24, 2.45) is 11.8 Å². The molecule has 0 aromatic rings. The van der Waals surface area contributed by atoms with Crippen LogP contribution in [0.2, 0.25) is 0 Å². The first kappa shape index (κ1) is 92.5. The molecule has 19 heteroatoms. The largest absolute Gasteiger partial charge is 0.472 e. The van der Waals surface area contributed by atoms with Crippen molar-refractivity contribution in [2.75, 3.05) is 39.6 Å². The van der Waals surface area contributed by atoms with Crippen LogP contribution in [0.15, 0.2) is 24.3 Å². The molecule has 0 heterocycles. The molecular formula is C76H144O17P2. The lowest BCUT2D eigenvalue weighted by atomic mass is 10.0. The molecule has 560 valence electrons. The van der Waals surface area contributed by atoms with Crippen LogP contribution in [0, 0.1) is 11.8 Å². The minimum Gasteiger partial charge on any atom is -0.462 e. The van der Waals surface area contributed by atoms with Crippen LogP contribution in [0.3, 0.4) is 0 Å². The Labute approximate surface area is 580 Å². The molecule has 0 aromatic heterocycles. The van der Waals surface area contributed by atoms with Crippen LogP contribution in [0.5, 0.6) is 0 Å². The van der Waals surface area contributed by atoms with Gasteiger partial charge in [-0.3, -0.25) is 37.3 Å². The Balaban J connectivity index is 5.26. The second-order valence-electron chi connectivity index (χ2n) is 27.7. The van der Waals surface area contributed by atoms with Gasteiger partial charge in [-0.1, -0.05) is 316 Å². The Morgan fingerprint density at radius 3 is 0.863 bits per heavy atom. The maximum absolute atomic E-state index is 13.1. The fraction of sp³-hybridized carbons (Fsp3) is 0.895. The molecule has 0 amide bonds. The summed E-state index contributed by atoms with van der Waals surface area (Å²) in [5.41, 5.74) is 0. The zero-order chi connectivity index (χ0) is 70.0. The molecule has 0 spiro atoms. The number of rotatable bonds is 73. The van der Waals surface area contributed by atoms with Crippen LogP contribution in [0.4, 0.5) is 0 Å². The predicted octanol–water partition coefficient (Wildman–Crippen LogP) is 21.9. The molecule has 3 N–H and O–H groups in total. The van der Waals surface area contributed by atoms with Gasteiger partial charge in [0.2, 0.25) is 0 Å². The van der Waals surface area contributed by atoms with E-state index >= 15 is 0 Å². The Morgan fingerprint density at radius 1 is 0.326 bits per heavy atom. The number of carbonyl (C=O) groups is 4. The second-order valence-corrected chi connectivity index (χ2v) is 30.6. The van der Waals surface area contributed by atoms with Gasteiger partial charge < -0.3 is 33.8 Å². The van der Waals surface area contributed by atoms with Gasteiger partial charge in [0, 0.05) is 25.7 Å². The number of aliphatic hydroxyl groups is 1. The standard InChI is InChI=1S/C76H144O17P2/c1-7-9-11-13-15-17-19-20-23-27-30-34-41-47-53-59-74(79)87-64-71(92-75(80)60-54-48-42-35-31-28-25-22-21-24-26-29-32-38-44-50-56-68(3)4)66-90-94(82,83)88-62-70(77)63-89-95(84,85)91-67-72(65-86-73(78)58-52-46-40-33-18-16-14-12-10-8-2)93-76(81)61-55-49-43-37-36-39-45-51-57-69(5)6/h17,19-20,23,68-72,77H,7-16,18,21-22,24-67H2,1-6H3,(H,82,83)(H,84,85)/b19-17-,23-20-/t70-,71-,72-/m1/s1. The van der Waals surface area contributed by atoms with Crippen molar-refractivity contribution >= 4 is 39.5 Å². The molecule has 0 rings (SSSR count). The highest BCUT2D eigenvalue weighted by Gasteiger charge is 2.30. The summed E-state index contributed by atoms with van der Waals surface area (Å²) in [6.45, 7) is 9.50. The van der Waals surface area contributed by atoms with Gasteiger partial charge in [0.1, 0.15) is 19.3 Å². The minimum absolute atomic E-state index is 0.101. The summed E-state index contributed by atoms with van der Waals surface area (Å²) < 4.78 is 68.4. The van der Waals surface area contributed by atoms with E-state index in [1.165, 1.54) is 167 Å². The Bertz CT molecular complexity index is 1930. The summed E-state index contributed by atoms with van der Waals surface area (Å²) in [7, 11) is -9.92. The number of esters is 4. The summed E-state index contributed by atoms with van der Waals surface area (Å²) in [4.78, 5) is 72.7. The average molecular weight is 1390 g/mol. The maximum Gasteiger partial charge on any atom is 0.472 e. The highest BCUT2D eigenvalue weighted by atomic mass is 31.2. The SMILES string of the molecule is CCCCCC/C=C\C=C/CCCCCCCC(=O)OC[C@H](COP(=O)(O)OC[C@@H](O)COP(=O)(O)OC[C@@H](COC(=O)CCCCCCCCCCCC)OC(=O)CCCCCCCCCCC(C)C)OC(=O)CCCCCCCCCCCCCCCCCCC(C)C. The molecule has 95 heavy (non-hydrogen) atoms. The normalized spacial score (nSPS) is 14.2. The van der Waals surface area contributed by atoms with Gasteiger partial charge in [-0.05, 0) is 63.2 Å². The Kier molecular flexibility index (Phi) is 65.6. The van der Waals surface area contributed by atoms with Crippen LogP contribution in [0.1, 0.15) is 369 Å². The van der Waals surface area contributed by atoms with E-state index in [1.54, 1.807) is 0 Å². The number of allylic oxidation sites excluding steroid dienone is 4. The van der Waals surface area contributed by atoms with Gasteiger partial charge in [-0.2, -0.15) is 0 Å². The number of phosphoric ester groups is 2. The summed E-state index contributed by atoms with van der Waals surface area (Å²) in [6, 6.07) is 0. The quantitative estimate of drug-likeness (QED) is 0.0169. The lowest BCUT2D eigenvalue weighted by molar-refractivity contribution is -0.161. The van der Waals surface area contributed by atoms with E-state index < -0.39 is 97.5 Å². The lowest BCUT2D eigenvalue weighted by Crippen LogP contribution is -2.30. The number of unbranched alkanes of at least 4 members (excludes halogenated alkanes) is 40. The third-order valence-electron chi connectivity index (χ3n) is 17.1. The molecule has 17 nitrogen and oxygen atoms in total. The van der Waals surface area contributed by atoms with Crippen molar-refractivity contribution in [1.29, 1.82) is 0 Å². The average Bonchev–Trinajstić information content (AvgIpc) is 1.29. The molecule has 5 atom stereocenters. The second kappa shape index (κ2) is 67.4. The molecule has 0 saturated carbocycles. The topological polar surface area (TPSA) is 237 Å². The molecule has 2 unspecified atom stereocenters. The number of hydrogen-bond acceptors (Lipinski definition) is 15. The molecule has 0 radical (unpaired) electrons. The fourth-order valence-corrected chi connectivity index (χ4v) is 12.7. The first-order valence-corrected chi connectivity index (χ1v) is 41.8. The van der Waals surface area contributed by atoms with Gasteiger partial charge in [0.15, 0.2) is 12.2 Å². The summed E-state index contributed by atoms with van der Waals surface area (Å²) >= 11 is 0. The fourth-order valence-electron chi connectivity index (χ4n) is 11.1. The number of hydrogen-bond donors (Lipinski definition) is 3. The molecule has 0 fully saturated rings. The van der Waals surface area contributed by atoms with Gasteiger partial charge in [0.25, 0.3) is 0 Å². The zero-order valence-corrected chi connectivity index (χ0v) is 63.2. The third kappa shape index (κ3) is 69.8. The van der Waals surface area contributed by atoms with E-state index in [0.29, 0.717) is 31.6 Å². The summed E-state index contributed by atoms with van der Waals surface area (Å²) in [5, 5.41) is 10.6. The van der Waals surface area contributed by atoms with Crippen LogP contribution in [-0.4, -0.2) is 96.7 Å². The molecule has 0 bridgehead atoms. The van der Waals surface area contributed by atoms with Crippen molar-refractivity contribution < 1.29 is 80.2 Å². The van der Waals surface area contributed by atoms with Crippen molar-refractivity contribution in [1.82, 2.24) is 0 Å². The number of carbonyl (C=O) groups excluding carboxylic acids is 4. The smallest absolute Gasteiger partial charge is 0.462 e. The summed E-state index contributed by atoms with van der Waals surface area (Å²) in [5.74, 6) is -0.624. The molecule has 0 aliphatic rings. The monoisotopic (exact) mass is 1390 g/mol. The van der Waals surface area contributed by atoms with Crippen molar-refractivity contribution in [3.05, 3.63) is 24.3 Å². The highest BCUT2D eigenvalue weighted by Crippen LogP contribution is 2.45. The molecular weight excluding hydrogens is 1250 g/mol. The van der Waals surface area contributed by atoms with E-state index in [0.717, 1.165) is 115 Å². The van der Waals surface area contributed by atoms with E-state index in [2.05, 4.69) is 65.8 Å². The molecule has 0 aromatic carbocycles. The van der Waals surface area contributed by atoms with E-state index in [1.807, 2.05) is 0 Å². The Hall–Kier alpha value is -2.46. The van der Waals surface area contributed by atoms with Crippen LogP contribution in [-0.2, 0) is 65.4 Å². The first-order valence-electron chi connectivity index (χ1n) is 38.8.